The zero-order valence-corrected chi connectivity index (χ0v) is 25.6. The SMILES string of the molecule is Cc1cc(C[C@@H](OC(=O)N2CCC3(CC2)CC(=O)Nc2ccccc23)C(=O)N2CCC([n+]3ccncc3)CC2)cc(Cl)c1N. The summed E-state index contributed by atoms with van der Waals surface area (Å²) >= 11 is 6.38. The fourth-order valence-corrected chi connectivity index (χ4v) is 7.20. The first-order valence-corrected chi connectivity index (χ1v) is 15.6. The van der Waals surface area contributed by atoms with Crippen LogP contribution in [-0.4, -0.2) is 65.0 Å². The number of nitrogen functional groups attached to an aromatic ring is 1. The Hall–Kier alpha value is -4.18. The Morgan fingerprint density at radius 3 is 2.52 bits per heavy atom. The van der Waals surface area contributed by atoms with Crippen molar-refractivity contribution in [3.05, 3.63) is 82.9 Å². The van der Waals surface area contributed by atoms with Crippen molar-refractivity contribution in [2.45, 2.75) is 63.0 Å². The fourth-order valence-electron chi connectivity index (χ4n) is 6.91. The third kappa shape index (κ3) is 6.08. The molecule has 3 aliphatic heterocycles. The molecule has 4 heterocycles. The topological polar surface area (TPSA) is 122 Å². The number of rotatable bonds is 5. The number of para-hydroxylation sites is 1. The molecule has 1 atom stereocenters. The molecule has 3 amide bonds. The van der Waals surface area contributed by atoms with Crippen molar-refractivity contribution in [1.82, 2.24) is 14.8 Å². The van der Waals surface area contributed by atoms with Crippen LogP contribution >= 0.6 is 11.6 Å². The van der Waals surface area contributed by atoms with Crippen LogP contribution in [0.2, 0.25) is 5.02 Å². The molecule has 3 aliphatic rings. The zero-order valence-electron chi connectivity index (χ0n) is 24.9. The van der Waals surface area contributed by atoms with E-state index in [1.54, 1.807) is 28.3 Å². The second-order valence-corrected chi connectivity index (χ2v) is 12.6. The molecule has 230 valence electrons. The van der Waals surface area contributed by atoms with Gasteiger partial charge in [0.05, 0.1) is 23.1 Å². The van der Waals surface area contributed by atoms with E-state index in [1.165, 1.54) is 0 Å². The number of likely N-dealkylation sites (tertiary alicyclic amines) is 2. The van der Waals surface area contributed by atoms with E-state index in [0.717, 1.165) is 35.2 Å². The maximum atomic E-state index is 13.9. The van der Waals surface area contributed by atoms with Gasteiger partial charge in [-0.25, -0.2) is 4.79 Å². The summed E-state index contributed by atoms with van der Waals surface area (Å²) in [6.45, 7) is 3.85. The van der Waals surface area contributed by atoms with Crippen molar-refractivity contribution in [1.29, 1.82) is 0 Å². The molecule has 2 aromatic carbocycles. The molecule has 44 heavy (non-hydrogen) atoms. The lowest BCUT2D eigenvalue weighted by atomic mass is 9.68. The molecule has 0 aliphatic carbocycles. The van der Waals surface area contributed by atoms with Crippen LogP contribution in [0.3, 0.4) is 0 Å². The molecule has 6 rings (SSSR count). The van der Waals surface area contributed by atoms with Crippen LogP contribution in [0.4, 0.5) is 16.2 Å². The number of anilines is 2. The first kappa shape index (κ1) is 29.9. The first-order valence-electron chi connectivity index (χ1n) is 15.2. The molecular formula is C33H38ClN6O4+. The summed E-state index contributed by atoms with van der Waals surface area (Å²) in [5, 5.41) is 3.38. The van der Waals surface area contributed by atoms with Crippen LogP contribution in [0.1, 0.15) is 54.8 Å². The van der Waals surface area contributed by atoms with Gasteiger partial charge in [0, 0.05) is 63.0 Å². The average molecular weight is 618 g/mol. The molecule has 2 saturated heterocycles. The predicted molar refractivity (Wildman–Crippen MR) is 166 cm³/mol. The maximum Gasteiger partial charge on any atom is 0.410 e. The highest BCUT2D eigenvalue weighted by atomic mass is 35.5. The lowest BCUT2D eigenvalue weighted by molar-refractivity contribution is -0.726. The van der Waals surface area contributed by atoms with Crippen LogP contribution in [0.15, 0.2) is 61.2 Å². The number of carbonyl (C=O) groups is 3. The summed E-state index contributed by atoms with van der Waals surface area (Å²) in [6, 6.07) is 11.8. The predicted octanol–water partition coefficient (Wildman–Crippen LogP) is 4.20. The normalized spacial score (nSPS) is 18.8. The molecule has 3 aromatic rings. The molecule has 1 spiro atoms. The third-order valence-electron chi connectivity index (χ3n) is 9.43. The van der Waals surface area contributed by atoms with Gasteiger partial charge in [0.2, 0.25) is 5.91 Å². The van der Waals surface area contributed by atoms with Crippen LogP contribution in [0.5, 0.6) is 0 Å². The van der Waals surface area contributed by atoms with Crippen LogP contribution in [0.25, 0.3) is 0 Å². The Bertz CT molecular complexity index is 1530. The van der Waals surface area contributed by atoms with Crippen molar-refractivity contribution < 1.29 is 23.7 Å². The molecule has 3 N–H and O–H groups in total. The van der Waals surface area contributed by atoms with Gasteiger partial charge in [0.25, 0.3) is 5.91 Å². The molecule has 10 nitrogen and oxygen atoms in total. The van der Waals surface area contributed by atoms with Crippen LogP contribution < -0.4 is 15.6 Å². The van der Waals surface area contributed by atoms with E-state index in [-0.39, 0.29) is 29.7 Å². The van der Waals surface area contributed by atoms with Gasteiger partial charge in [-0.2, -0.15) is 4.57 Å². The lowest BCUT2D eigenvalue weighted by Gasteiger charge is -2.44. The lowest BCUT2D eigenvalue weighted by Crippen LogP contribution is -2.52. The maximum absolute atomic E-state index is 13.9. The zero-order chi connectivity index (χ0) is 30.8. The Labute approximate surface area is 262 Å². The number of halogens is 1. The molecule has 0 unspecified atom stereocenters. The molecule has 2 fully saturated rings. The minimum Gasteiger partial charge on any atom is -0.436 e. The number of ether oxygens (including phenoxy) is 1. The monoisotopic (exact) mass is 617 g/mol. The Balaban J connectivity index is 1.16. The number of amides is 3. The van der Waals surface area contributed by atoms with Crippen molar-refractivity contribution >= 4 is 40.9 Å². The highest BCUT2D eigenvalue weighted by molar-refractivity contribution is 6.33. The van der Waals surface area contributed by atoms with Crippen molar-refractivity contribution in [2.24, 2.45) is 0 Å². The van der Waals surface area contributed by atoms with E-state index in [9.17, 15) is 14.4 Å². The van der Waals surface area contributed by atoms with E-state index < -0.39 is 12.2 Å². The Morgan fingerprint density at radius 2 is 1.82 bits per heavy atom. The number of benzene rings is 2. The van der Waals surface area contributed by atoms with Gasteiger partial charge in [0.15, 0.2) is 24.5 Å². The standard InChI is InChI=1S/C33H37ClN6O4/c1-22-18-23(19-26(34)30(22)35)20-28(31(42)39-12-6-24(7-13-39)38-16-10-36-11-17-38)44-32(43)40-14-8-33(9-15-40)21-29(41)37-27-5-3-2-4-25(27)33/h2-5,10-11,16-19,24,28H,6-9,12-15,20-21,35H2,1H3/p+1/t28-/m1/s1. The molecule has 0 saturated carbocycles. The second kappa shape index (κ2) is 12.4. The number of hydrogen-bond donors (Lipinski definition) is 2. The number of aryl methyl sites for hydroxylation is 1. The summed E-state index contributed by atoms with van der Waals surface area (Å²) in [5.41, 5.74) is 9.77. The molecular weight excluding hydrogens is 580 g/mol. The van der Waals surface area contributed by atoms with Crippen LogP contribution in [-0.2, 0) is 26.2 Å². The smallest absolute Gasteiger partial charge is 0.410 e. The van der Waals surface area contributed by atoms with Gasteiger partial charge < -0.3 is 25.6 Å². The average Bonchev–Trinajstić information content (AvgIpc) is 3.03. The van der Waals surface area contributed by atoms with Gasteiger partial charge in [-0.1, -0.05) is 35.9 Å². The van der Waals surface area contributed by atoms with E-state index >= 15 is 0 Å². The van der Waals surface area contributed by atoms with Crippen molar-refractivity contribution in [2.75, 3.05) is 37.2 Å². The molecule has 0 radical (unpaired) electrons. The van der Waals surface area contributed by atoms with Gasteiger partial charge in [-0.15, -0.1) is 0 Å². The second-order valence-electron chi connectivity index (χ2n) is 12.2. The fraction of sp³-hybridized carbons (Fsp3) is 0.424. The quantitative estimate of drug-likeness (QED) is 0.327. The van der Waals surface area contributed by atoms with Gasteiger partial charge in [-0.05, 0) is 48.6 Å². The van der Waals surface area contributed by atoms with Gasteiger partial charge in [0.1, 0.15) is 0 Å². The number of nitrogens with zero attached hydrogens (tertiary/aromatic N) is 4. The summed E-state index contributed by atoms with van der Waals surface area (Å²) in [7, 11) is 0. The Morgan fingerprint density at radius 1 is 1.11 bits per heavy atom. The minimum atomic E-state index is -1.01. The van der Waals surface area contributed by atoms with Crippen LogP contribution in [0, 0.1) is 6.92 Å². The number of carbonyl (C=O) groups excluding carboxylic acids is 3. The largest absolute Gasteiger partial charge is 0.436 e. The molecule has 11 heteroatoms. The first-order chi connectivity index (χ1) is 21.2. The summed E-state index contributed by atoms with van der Waals surface area (Å²) in [6.07, 6.45) is 9.31. The van der Waals surface area contributed by atoms with Gasteiger partial charge >= 0.3 is 6.09 Å². The Kier molecular flexibility index (Phi) is 8.44. The van der Waals surface area contributed by atoms with E-state index in [4.69, 9.17) is 22.1 Å². The number of fused-ring (bicyclic) bond motifs is 2. The highest BCUT2D eigenvalue weighted by Crippen LogP contribution is 2.45. The number of nitrogens with one attached hydrogen (secondary N) is 1. The summed E-state index contributed by atoms with van der Waals surface area (Å²) < 4.78 is 8.15. The number of piperidine rings is 2. The van der Waals surface area contributed by atoms with Crippen molar-refractivity contribution in [3.63, 3.8) is 0 Å². The number of nitrogens with two attached hydrogens (primary N) is 1. The van der Waals surface area contributed by atoms with E-state index in [0.29, 0.717) is 56.2 Å². The number of hydrogen-bond acceptors (Lipinski definition) is 6. The minimum absolute atomic E-state index is 0.00561. The third-order valence-corrected chi connectivity index (χ3v) is 9.75. The van der Waals surface area contributed by atoms with E-state index in [2.05, 4.69) is 20.9 Å². The van der Waals surface area contributed by atoms with Gasteiger partial charge in [-0.3, -0.25) is 14.6 Å². The highest BCUT2D eigenvalue weighted by Gasteiger charge is 2.44. The van der Waals surface area contributed by atoms with E-state index in [1.807, 2.05) is 43.6 Å². The van der Waals surface area contributed by atoms with Crippen molar-refractivity contribution in [3.8, 4) is 0 Å². The molecule has 1 aromatic heterocycles. The summed E-state index contributed by atoms with van der Waals surface area (Å²) in [4.78, 5) is 47.6. The summed E-state index contributed by atoms with van der Waals surface area (Å²) in [5.74, 6) is -0.220. The number of aromatic nitrogens is 2. The molecule has 0 bridgehead atoms.